The number of hydrogen-bond donors (Lipinski definition) is 1. The molecule has 1 rings (SSSR count). The molecular weight excluding hydrogens is 238 g/mol. The number of aryl methyl sites for hydroxylation is 1. The number of alkyl carbamates (subject to hydrolysis) is 1. The summed E-state index contributed by atoms with van der Waals surface area (Å²) < 4.78 is 9.87. The van der Waals surface area contributed by atoms with Gasteiger partial charge in [0.1, 0.15) is 6.61 Å². The molecule has 0 heterocycles. The largest absolute Gasteiger partial charge is 0.466 e. The average molecular weight is 253 g/mol. The molecule has 0 spiro atoms. The fraction of sp³-hybridized carbons (Fsp3) is 0.333. The predicted molar refractivity (Wildman–Crippen MR) is 68.7 cm³/mol. The first-order valence-corrected chi connectivity index (χ1v) is 5.68. The summed E-state index contributed by atoms with van der Waals surface area (Å²) in [6.07, 6.45) is -0.596. The van der Waals surface area contributed by atoms with Crippen LogP contribution in [-0.4, -0.2) is 17.9 Å². The van der Waals surface area contributed by atoms with Crippen molar-refractivity contribution in [3.05, 3.63) is 35.4 Å². The van der Waals surface area contributed by atoms with Gasteiger partial charge in [-0.05, 0) is 31.6 Å². The van der Waals surface area contributed by atoms with Crippen molar-refractivity contribution in [3.63, 3.8) is 0 Å². The van der Waals surface area contributed by atoms with Crippen LogP contribution in [-0.2, 0) is 16.1 Å². The summed E-state index contributed by atoms with van der Waals surface area (Å²) in [5.41, 5.74) is 2.17. The van der Waals surface area contributed by atoms with Crippen LogP contribution in [0.15, 0.2) is 24.3 Å². The van der Waals surface area contributed by atoms with Crippen LogP contribution in [0.1, 0.15) is 18.1 Å². The second kappa shape index (κ2) is 6.85. The topological polar surface area (TPSA) is 47.6 Å². The Bertz CT molecular complexity index is 389. The summed E-state index contributed by atoms with van der Waals surface area (Å²) in [5, 5.41) is 2.33. The van der Waals surface area contributed by atoms with Crippen molar-refractivity contribution in [2.75, 3.05) is 6.61 Å². The van der Waals surface area contributed by atoms with Gasteiger partial charge in [0.25, 0.3) is 5.17 Å². The van der Waals surface area contributed by atoms with E-state index < -0.39 is 6.09 Å². The minimum absolute atomic E-state index is 0.0176. The second-order valence-corrected chi connectivity index (χ2v) is 3.78. The molecule has 4 nitrogen and oxygen atoms in total. The highest BCUT2D eigenvalue weighted by Crippen LogP contribution is 2.04. The van der Waals surface area contributed by atoms with Gasteiger partial charge in [-0.15, -0.1) is 0 Å². The third kappa shape index (κ3) is 5.31. The number of thiocarbonyl (C=S) groups is 1. The van der Waals surface area contributed by atoms with Gasteiger partial charge >= 0.3 is 6.09 Å². The Hall–Kier alpha value is -1.62. The first kappa shape index (κ1) is 13.4. The molecule has 0 aliphatic heterocycles. The molecule has 0 fully saturated rings. The molecule has 1 aromatic carbocycles. The Kier molecular flexibility index (Phi) is 5.42. The lowest BCUT2D eigenvalue weighted by atomic mass is 10.2. The first-order valence-electron chi connectivity index (χ1n) is 5.28. The van der Waals surface area contributed by atoms with Gasteiger partial charge < -0.3 is 9.47 Å². The molecule has 0 aromatic heterocycles. The number of nitrogens with one attached hydrogen (secondary N) is 1. The van der Waals surface area contributed by atoms with E-state index in [9.17, 15) is 4.79 Å². The molecule has 0 saturated carbocycles. The standard InChI is InChI=1S/C12H15NO3S/c1-3-15-11(14)13-12(17)16-8-10-6-4-9(2)5-7-10/h4-7H,3,8H2,1-2H3,(H,13,14,17). The van der Waals surface area contributed by atoms with Gasteiger partial charge in [0.15, 0.2) is 0 Å². The van der Waals surface area contributed by atoms with Crippen molar-refractivity contribution in [2.24, 2.45) is 0 Å². The van der Waals surface area contributed by atoms with Gasteiger partial charge in [-0.25, -0.2) is 4.79 Å². The fourth-order valence-corrected chi connectivity index (χ4v) is 1.26. The van der Waals surface area contributed by atoms with Crippen molar-refractivity contribution in [1.29, 1.82) is 0 Å². The lowest BCUT2D eigenvalue weighted by molar-refractivity contribution is 0.154. The molecule has 0 saturated heterocycles. The van der Waals surface area contributed by atoms with Crippen LogP contribution < -0.4 is 5.32 Å². The van der Waals surface area contributed by atoms with Crippen LogP contribution in [0.25, 0.3) is 0 Å². The average Bonchev–Trinajstić information content (AvgIpc) is 2.28. The molecule has 0 aliphatic carbocycles. The van der Waals surface area contributed by atoms with E-state index in [0.717, 1.165) is 5.56 Å². The van der Waals surface area contributed by atoms with Gasteiger partial charge in [-0.1, -0.05) is 29.8 Å². The van der Waals surface area contributed by atoms with E-state index in [-0.39, 0.29) is 5.17 Å². The normalized spacial score (nSPS) is 9.53. The zero-order valence-corrected chi connectivity index (χ0v) is 10.7. The molecule has 1 aromatic rings. The molecule has 17 heavy (non-hydrogen) atoms. The van der Waals surface area contributed by atoms with Gasteiger partial charge in [-0.2, -0.15) is 0 Å². The Morgan fingerprint density at radius 2 is 1.94 bits per heavy atom. The maximum Gasteiger partial charge on any atom is 0.414 e. The Morgan fingerprint density at radius 3 is 2.53 bits per heavy atom. The van der Waals surface area contributed by atoms with Crippen molar-refractivity contribution in [2.45, 2.75) is 20.5 Å². The molecular formula is C12H15NO3S. The molecule has 1 amide bonds. The second-order valence-electron chi connectivity index (χ2n) is 3.41. The Labute approximate surface area is 106 Å². The zero-order chi connectivity index (χ0) is 12.7. The number of benzene rings is 1. The maximum atomic E-state index is 11.0. The van der Waals surface area contributed by atoms with Crippen LogP contribution >= 0.6 is 12.2 Å². The maximum absolute atomic E-state index is 11.0. The summed E-state index contributed by atoms with van der Waals surface area (Å²) in [5.74, 6) is 0. The number of carbonyl (C=O) groups is 1. The number of ether oxygens (including phenoxy) is 2. The van der Waals surface area contributed by atoms with E-state index in [1.165, 1.54) is 5.56 Å². The molecule has 92 valence electrons. The fourth-order valence-electron chi connectivity index (χ4n) is 1.12. The summed E-state index contributed by atoms with van der Waals surface area (Å²) >= 11 is 4.84. The SMILES string of the molecule is CCOC(=O)NC(=S)OCc1ccc(C)cc1. The summed E-state index contributed by atoms with van der Waals surface area (Å²) in [4.78, 5) is 11.0. The highest BCUT2D eigenvalue weighted by molar-refractivity contribution is 7.80. The lowest BCUT2D eigenvalue weighted by Gasteiger charge is -2.08. The van der Waals surface area contributed by atoms with Crippen LogP contribution in [0.4, 0.5) is 4.79 Å². The Morgan fingerprint density at radius 1 is 1.29 bits per heavy atom. The van der Waals surface area contributed by atoms with Crippen molar-refractivity contribution >= 4 is 23.5 Å². The van der Waals surface area contributed by atoms with E-state index in [0.29, 0.717) is 13.2 Å². The minimum atomic E-state index is -0.596. The molecule has 1 N–H and O–H groups in total. The monoisotopic (exact) mass is 253 g/mol. The smallest absolute Gasteiger partial charge is 0.414 e. The van der Waals surface area contributed by atoms with Gasteiger partial charge in [0.05, 0.1) is 6.61 Å². The highest BCUT2D eigenvalue weighted by atomic mass is 32.1. The molecule has 5 heteroatoms. The molecule has 0 atom stereocenters. The van der Waals surface area contributed by atoms with E-state index in [1.54, 1.807) is 6.92 Å². The molecule has 0 bridgehead atoms. The van der Waals surface area contributed by atoms with Crippen LogP contribution in [0.3, 0.4) is 0 Å². The predicted octanol–water partition coefficient (Wildman–Crippen LogP) is 2.54. The van der Waals surface area contributed by atoms with Crippen molar-refractivity contribution < 1.29 is 14.3 Å². The third-order valence-corrected chi connectivity index (χ3v) is 2.19. The molecule has 0 aliphatic rings. The third-order valence-electron chi connectivity index (χ3n) is 1.97. The first-order chi connectivity index (χ1) is 8.11. The number of amides is 1. The van der Waals surface area contributed by atoms with Crippen LogP contribution in [0.5, 0.6) is 0 Å². The van der Waals surface area contributed by atoms with E-state index in [1.807, 2.05) is 31.2 Å². The minimum Gasteiger partial charge on any atom is -0.466 e. The van der Waals surface area contributed by atoms with Crippen LogP contribution in [0, 0.1) is 6.92 Å². The number of carbonyl (C=O) groups excluding carboxylic acids is 1. The van der Waals surface area contributed by atoms with Crippen molar-refractivity contribution in [1.82, 2.24) is 5.32 Å². The van der Waals surface area contributed by atoms with E-state index in [2.05, 4.69) is 10.1 Å². The quantitative estimate of drug-likeness (QED) is 0.841. The summed E-state index contributed by atoms with van der Waals surface area (Å²) in [6.45, 7) is 4.35. The Balaban J connectivity index is 2.33. The van der Waals surface area contributed by atoms with Gasteiger partial charge in [-0.3, -0.25) is 5.32 Å². The van der Waals surface area contributed by atoms with Crippen LogP contribution in [0.2, 0.25) is 0 Å². The molecule has 0 radical (unpaired) electrons. The van der Waals surface area contributed by atoms with Crippen molar-refractivity contribution in [3.8, 4) is 0 Å². The van der Waals surface area contributed by atoms with Gasteiger partial charge in [0, 0.05) is 0 Å². The van der Waals surface area contributed by atoms with E-state index in [4.69, 9.17) is 17.0 Å². The number of hydrogen-bond acceptors (Lipinski definition) is 4. The lowest BCUT2D eigenvalue weighted by Crippen LogP contribution is -2.31. The summed E-state index contributed by atoms with van der Waals surface area (Å²) in [7, 11) is 0. The number of rotatable bonds is 3. The zero-order valence-electron chi connectivity index (χ0n) is 9.86. The van der Waals surface area contributed by atoms with Gasteiger partial charge in [0.2, 0.25) is 0 Å². The highest BCUT2D eigenvalue weighted by Gasteiger charge is 2.05. The molecule has 0 unspecified atom stereocenters. The van der Waals surface area contributed by atoms with E-state index >= 15 is 0 Å². The summed E-state index contributed by atoms with van der Waals surface area (Å²) in [6, 6.07) is 7.87.